The van der Waals surface area contributed by atoms with Crippen molar-refractivity contribution in [1.82, 2.24) is 9.21 Å². The molecule has 4 rings (SSSR count). The molecular formula is C19H26N2O4S. The molecule has 3 heterocycles. The molecule has 0 bridgehead atoms. The summed E-state index contributed by atoms with van der Waals surface area (Å²) in [6.45, 7) is 2.80. The van der Waals surface area contributed by atoms with Crippen LogP contribution in [0.1, 0.15) is 31.2 Å². The van der Waals surface area contributed by atoms with Gasteiger partial charge in [-0.05, 0) is 37.2 Å². The van der Waals surface area contributed by atoms with Gasteiger partial charge in [-0.25, -0.2) is 8.42 Å². The highest BCUT2D eigenvalue weighted by molar-refractivity contribution is 7.90. The normalized spacial score (nSPS) is 31.5. The Labute approximate surface area is 155 Å². The highest BCUT2D eigenvalue weighted by Gasteiger charge is 2.47. The Morgan fingerprint density at radius 1 is 1.12 bits per heavy atom. The Kier molecular flexibility index (Phi) is 5.03. The van der Waals surface area contributed by atoms with E-state index >= 15 is 0 Å². The number of ether oxygens (including phenoxy) is 1. The number of benzene rings is 1. The lowest BCUT2D eigenvalue weighted by Crippen LogP contribution is -2.40. The molecule has 0 N–H and O–H groups in total. The van der Waals surface area contributed by atoms with Crippen molar-refractivity contribution in [3.05, 3.63) is 35.9 Å². The molecule has 1 amide bonds. The molecule has 1 aromatic carbocycles. The van der Waals surface area contributed by atoms with Crippen LogP contribution in [0.15, 0.2) is 30.3 Å². The maximum atomic E-state index is 13.0. The molecule has 0 aromatic heterocycles. The lowest BCUT2D eigenvalue weighted by Gasteiger charge is -2.24. The zero-order chi connectivity index (χ0) is 18.1. The molecule has 3 aliphatic heterocycles. The van der Waals surface area contributed by atoms with E-state index in [1.54, 1.807) is 4.31 Å². The van der Waals surface area contributed by atoms with Crippen LogP contribution in [-0.2, 0) is 26.1 Å². The van der Waals surface area contributed by atoms with Crippen LogP contribution >= 0.6 is 0 Å². The lowest BCUT2D eigenvalue weighted by atomic mass is 10.0. The molecule has 3 fully saturated rings. The lowest BCUT2D eigenvalue weighted by molar-refractivity contribution is -0.140. The molecule has 3 atom stereocenters. The molecule has 26 heavy (non-hydrogen) atoms. The van der Waals surface area contributed by atoms with Gasteiger partial charge in [0, 0.05) is 32.8 Å². The number of likely N-dealkylation sites (tertiary alicyclic amines) is 1. The van der Waals surface area contributed by atoms with Gasteiger partial charge in [-0.2, -0.15) is 4.31 Å². The number of hydrogen-bond acceptors (Lipinski definition) is 4. The largest absolute Gasteiger partial charge is 0.368 e. The Bertz CT molecular complexity index is 746. The van der Waals surface area contributed by atoms with Gasteiger partial charge in [0.2, 0.25) is 10.0 Å². The van der Waals surface area contributed by atoms with E-state index in [2.05, 4.69) is 0 Å². The van der Waals surface area contributed by atoms with Crippen LogP contribution < -0.4 is 0 Å². The first-order valence-electron chi connectivity index (χ1n) is 9.49. The van der Waals surface area contributed by atoms with Gasteiger partial charge in [0.05, 0.1) is 5.25 Å². The van der Waals surface area contributed by atoms with Gasteiger partial charge < -0.3 is 9.64 Å². The Hall–Kier alpha value is -1.44. The van der Waals surface area contributed by atoms with Gasteiger partial charge in [0.25, 0.3) is 5.91 Å². The fourth-order valence-corrected chi connectivity index (χ4v) is 6.66. The van der Waals surface area contributed by atoms with E-state index in [4.69, 9.17) is 4.74 Å². The quantitative estimate of drug-likeness (QED) is 0.802. The van der Waals surface area contributed by atoms with Crippen molar-refractivity contribution >= 4 is 15.9 Å². The van der Waals surface area contributed by atoms with Crippen LogP contribution in [-0.4, -0.2) is 61.1 Å². The third-order valence-electron chi connectivity index (χ3n) is 5.88. The Balaban J connectivity index is 1.43. The first-order chi connectivity index (χ1) is 12.6. The van der Waals surface area contributed by atoms with Crippen LogP contribution in [0.3, 0.4) is 0 Å². The zero-order valence-electron chi connectivity index (χ0n) is 14.9. The minimum absolute atomic E-state index is 0.0426. The molecule has 0 aliphatic carbocycles. The molecule has 1 unspecified atom stereocenters. The molecule has 0 radical (unpaired) electrons. The number of amides is 1. The molecule has 3 saturated heterocycles. The van der Waals surface area contributed by atoms with Crippen molar-refractivity contribution in [2.75, 3.05) is 26.2 Å². The average Bonchev–Trinajstić information content (AvgIpc) is 3.18. The standard InChI is InChI=1S/C19H26N2O4S/c22-19(17-7-4-12-25-17)20-10-8-16-14-21(13-15-5-2-1-3-6-15)26(23,24)18(16)9-11-20/h1-3,5-6,16-18H,4,7-14H2/t16-,17?,18-/m1/s1. The molecule has 0 saturated carbocycles. The Morgan fingerprint density at radius 2 is 1.88 bits per heavy atom. The molecule has 6 nitrogen and oxygen atoms in total. The highest BCUT2D eigenvalue weighted by atomic mass is 32.2. The number of rotatable bonds is 3. The molecule has 0 spiro atoms. The summed E-state index contributed by atoms with van der Waals surface area (Å²) in [5, 5.41) is -0.367. The van der Waals surface area contributed by atoms with Crippen molar-refractivity contribution in [3.8, 4) is 0 Å². The first-order valence-corrected chi connectivity index (χ1v) is 11.0. The van der Waals surface area contributed by atoms with Crippen molar-refractivity contribution in [2.45, 2.75) is 43.6 Å². The minimum Gasteiger partial charge on any atom is -0.368 e. The second kappa shape index (κ2) is 7.29. The zero-order valence-corrected chi connectivity index (χ0v) is 15.7. The predicted octanol–water partition coefficient (Wildman–Crippen LogP) is 1.62. The summed E-state index contributed by atoms with van der Waals surface area (Å²) in [5.74, 6) is 0.145. The molecular weight excluding hydrogens is 352 g/mol. The molecule has 142 valence electrons. The average molecular weight is 378 g/mol. The van der Waals surface area contributed by atoms with E-state index in [0.29, 0.717) is 39.2 Å². The smallest absolute Gasteiger partial charge is 0.251 e. The number of nitrogens with zero attached hydrogens (tertiary/aromatic N) is 2. The SMILES string of the molecule is O=C(C1CCCO1)N1CC[C@@H]2CN(Cc3ccccc3)S(=O)(=O)[C@@H]2CC1. The second-order valence-electron chi connectivity index (χ2n) is 7.53. The maximum absolute atomic E-state index is 13.0. The van der Waals surface area contributed by atoms with E-state index in [1.807, 2.05) is 35.2 Å². The third-order valence-corrected chi connectivity index (χ3v) is 8.26. The monoisotopic (exact) mass is 378 g/mol. The third kappa shape index (κ3) is 3.40. The van der Waals surface area contributed by atoms with E-state index in [1.165, 1.54) is 0 Å². The summed E-state index contributed by atoms with van der Waals surface area (Å²) < 4.78 is 33.2. The van der Waals surface area contributed by atoms with Crippen molar-refractivity contribution in [1.29, 1.82) is 0 Å². The number of hydrogen-bond donors (Lipinski definition) is 0. The summed E-state index contributed by atoms with van der Waals surface area (Å²) in [6.07, 6.45) is 2.66. The van der Waals surface area contributed by atoms with Gasteiger partial charge in [-0.3, -0.25) is 4.79 Å². The second-order valence-corrected chi connectivity index (χ2v) is 9.68. The fourth-order valence-electron chi connectivity index (χ4n) is 4.43. The molecule has 1 aromatic rings. The number of fused-ring (bicyclic) bond motifs is 1. The van der Waals surface area contributed by atoms with Crippen LogP contribution in [0.4, 0.5) is 0 Å². The number of sulfonamides is 1. The van der Waals surface area contributed by atoms with E-state index in [-0.39, 0.29) is 23.2 Å². The highest BCUT2D eigenvalue weighted by Crippen LogP contribution is 2.35. The summed E-state index contributed by atoms with van der Waals surface area (Å²) in [6, 6.07) is 9.73. The fraction of sp³-hybridized carbons (Fsp3) is 0.632. The molecule has 3 aliphatic rings. The van der Waals surface area contributed by atoms with Gasteiger partial charge in [-0.15, -0.1) is 0 Å². The van der Waals surface area contributed by atoms with Gasteiger partial charge in [0.15, 0.2) is 0 Å². The van der Waals surface area contributed by atoms with Gasteiger partial charge in [0.1, 0.15) is 6.10 Å². The number of carbonyl (C=O) groups excluding carboxylic acids is 1. The Morgan fingerprint density at radius 3 is 2.62 bits per heavy atom. The topological polar surface area (TPSA) is 66.9 Å². The van der Waals surface area contributed by atoms with Crippen LogP contribution in [0, 0.1) is 5.92 Å². The summed E-state index contributed by atoms with van der Waals surface area (Å²) in [5.41, 5.74) is 1.02. The molecule has 7 heteroatoms. The van der Waals surface area contributed by atoms with Crippen LogP contribution in [0.25, 0.3) is 0 Å². The predicted molar refractivity (Wildman–Crippen MR) is 97.8 cm³/mol. The minimum atomic E-state index is -3.31. The summed E-state index contributed by atoms with van der Waals surface area (Å²) >= 11 is 0. The summed E-state index contributed by atoms with van der Waals surface area (Å²) in [4.78, 5) is 14.4. The van der Waals surface area contributed by atoms with E-state index in [9.17, 15) is 13.2 Å². The summed E-state index contributed by atoms with van der Waals surface area (Å²) in [7, 11) is -3.31. The van der Waals surface area contributed by atoms with Crippen molar-refractivity contribution < 1.29 is 17.9 Å². The van der Waals surface area contributed by atoms with Gasteiger partial charge >= 0.3 is 0 Å². The first kappa shape index (κ1) is 17.9. The van der Waals surface area contributed by atoms with Crippen molar-refractivity contribution in [2.24, 2.45) is 5.92 Å². The van der Waals surface area contributed by atoms with Crippen LogP contribution in [0.2, 0.25) is 0 Å². The van der Waals surface area contributed by atoms with E-state index in [0.717, 1.165) is 24.8 Å². The maximum Gasteiger partial charge on any atom is 0.251 e. The van der Waals surface area contributed by atoms with Crippen LogP contribution in [0.5, 0.6) is 0 Å². The number of carbonyl (C=O) groups is 1. The van der Waals surface area contributed by atoms with E-state index < -0.39 is 10.0 Å². The van der Waals surface area contributed by atoms with Crippen molar-refractivity contribution in [3.63, 3.8) is 0 Å². The van der Waals surface area contributed by atoms with Gasteiger partial charge in [-0.1, -0.05) is 30.3 Å².